The fourth-order valence-corrected chi connectivity index (χ4v) is 5.86. The van der Waals surface area contributed by atoms with E-state index in [0.29, 0.717) is 27.7 Å². The summed E-state index contributed by atoms with van der Waals surface area (Å²) in [5, 5.41) is 3.62. The van der Waals surface area contributed by atoms with Crippen molar-refractivity contribution in [2.75, 3.05) is 25.0 Å². The summed E-state index contributed by atoms with van der Waals surface area (Å²) in [7, 11) is -4.02. The van der Waals surface area contributed by atoms with Crippen molar-refractivity contribution in [2.45, 2.75) is 30.7 Å². The van der Waals surface area contributed by atoms with Crippen LogP contribution in [0, 0.1) is 0 Å². The van der Waals surface area contributed by atoms with Gasteiger partial charge in [-0.1, -0.05) is 47.5 Å². The van der Waals surface area contributed by atoms with E-state index >= 15 is 0 Å². The molecule has 1 aliphatic rings. The summed E-state index contributed by atoms with van der Waals surface area (Å²) in [6.45, 7) is 1.15. The van der Waals surface area contributed by atoms with Crippen molar-refractivity contribution >= 4 is 50.7 Å². The van der Waals surface area contributed by atoms with Crippen LogP contribution in [0.15, 0.2) is 77.7 Å². The lowest BCUT2D eigenvalue weighted by molar-refractivity contribution is -0.129. The molecule has 10 heteroatoms. The number of carbonyl (C=O) groups excluding carboxylic acids is 2. The Labute approximate surface area is 227 Å². The van der Waals surface area contributed by atoms with E-state index in [9.17, 15) is 18.0 Å². The van der Waals surface area contributed by atoms with E-state index in [4.69, 9.17) is 23.2 Å². The number of rotatable bonds is 9. The van der Waals surface area contributed by atoms with Crippen LogP contribution >= 0.6 is 23.2 Å². The smallest absolute Gasteiger partial charge is 0.243 e. The van der Waals surface area contributed by atoms with Crippen LogP contribution in [0.25, 0.3) is 0 Å². The molecule has 1 N–H and O–H groups in total. The molecule has 0 saturated carbocycles. The number of anilines is 1. The molecule has 4 rings (SSSR count). The molecule has 194 valence electrons. The van der Waals surface area contributed by atoms with Crippen LogP contribution < -0.4 is 5.32 Å². The van der Waals surface area contributed by atoms with Crippen LogP contribution in [-0.2, 0) is 32.6 Å². The van der Waals surface area contributed by atoms with E-state index in [1.807, 2.05) is 4.90 Å². The summed E-state index contributed by atoms with van der Waals surface area (Å²) in [6, 6.07) is 19.6. The van der Waals surface area contributed by atoms with Gasteiger partial charge >= 0.3 is 0 Å². The summed E-state index contributed by atoms with van der Waals surface area (Å²) in [5.41, 5.74) is 2.00. The van der Waals surface area contributed by atoms with Gasteiger partial charge in [0.2, 0.25) is 21.8 Å². The minimum atomic E-state index is -4.02. The van der Waals surface area contributed by atoms with Crippen LogP contribution in [0.3, 0.4) is 0 Å². The maximum Gasteiger partial charge on any atom is 0.243 e. The number of likely N-dealkylation sites (tertiary alicyclic amines) is 1. The number of nitrogens with zero attached hydrogens (tertiary/aromatic N) is 2. The third-order valence-electron chi connectivity index (χ3n) is 6.07. The van der Waals surface area contributed by atoms with E-state index < -0.39 is 22.5 Å². The molecular weight excluding hydrogens is 533 g/mol. The fourth-order valence-electron chi connectivity index (χ4n) is 4.14. The molecule has 2 amide bonds. The van der Waals surface area contributed by atoms with Crippen molar-refractivity contribution in [1.29, 1.82) is 0 Å². The third kappa shape index (κ3) is 7.32. The van der Waals surface area contributed by atoms with Gasteiger partial charge < -0.3 is 10.2 Å². The number of halogens is 2. The molecule has 0 unspecified atom stereocenters. The van der Waals surface area contributed by atoms with Crippen molar-refractivity contribution in [2.24, 2.45) is 0 Å². The maximum atomic E-state index is 13.4. The van der Waals surface area contributed by atoms with Gasteiger partial charge in [0.1, 0.15) is 0 Å². The minimum absolute atomic E-state index is 0.0266. The fraction of sp³-hybridized carbons (Fsp3) is 0.259. The van der Waals surface area contributed by atoms with Crippen molar-refractivity contribution in [3.8, 4) is 0 Å². The Morgan fingerprint density at radius 3 is 2.19 bits per heavy atom. The zero-order valence-corrected chi connectivity index (χ0v) is 22.4. The summed E-state index contributed by atoms with van der Waals surface area (Å²) < 4.78 is 27.9. The highest BCUT2D eigenvalue weighted by Crippen LogP contribution is 2.22. The lowest BCUT2D eigenvalue weighted by atomic mass is 10.1. The number of sulfonamides is 1. The van der Waals surface area contributed by atoms with Crippen molar-refractivity contribution in [3.63, 3.8) is 0 Å². The summed E-state index contributed by atoms with van der Waals surface area (Å²) in [6.07, 6.45) is 2.39. The highest BCUT2D eigenvalue weighted by Gasteiger charge is 2.27. The summed E-state index contributed by atoms with van der Waals surface area (Å²) in [5.74, 6) is -0.404. The van der Waals surface area contributed by atoms with Gasteiger partial charge in [-0.3, -0.25) is 9.59 Å². The molecule has 37 heavy (non-hydrogen) atoms. The van der Waals surface area contributed by atoms with Gasteiger partial charge in [-0.25, -0.2) is 8.42 Å². The Bertz CT molecular complexity index is 1360. The highest BCUT2D eigenvalue weighted by molar-refractivity contribution is 7.89. The number of benzene rings is 3. The second-order valence-electron chi connectivity index (χ2n) is 8.87. The van der Waals surface area contributed by atoms with Crippen LogP contribution in [0.1, 0.15) is 24.0 Å². The first-order valence-electron chi connectivity index (χ1n) is 11.9. The van der Waals surface area contributed by atoms with Crippen LogP contribution in [0.5, 0.6) is 0 Å². The largest absolute Gasteiger partial charge is 0.342 e. The topological polar surface area (TPSA) is 86.8 Å². The van der Waals surface area contributed by atoms with Crippen molar-refractivity contribution < 1.29 is 18.0 Å². The van der Waals surface area contributed by atoms with Crippen LogP contribution in [-0.4, -0.2) is 49.1 Å². The SMILES string of the molecule is O=C(CN(Cc1cccc(Cl)c1)S(=O)(=O)c1ccc(Cl)cc1)Nc1ccc(CC(=O)N2CCCC2)cc1. The predicted molar refractivity (Wildman–Crippen MR) is 145 cm³/mol. The standard InChI is InChI=1S/C27H27Cl2N3O4S/c28-22-8-12-25(13-9-22)37(35,36)32(18-21-4-3-5-23(29)16-21)19-26(33)30-24-10-6-20(7-11-24)17-27(34)31-14-1-2-15-31/h3-13,16H,1-2,14-15,17-19H2,(H,30,33). The van der Waals surface area contributed by atoms with Gasteiger partial charge in [-0.15, -0.1) is 0 Å². The Morgan fingerprint density at radius 2 is 1.54 bits per heavy atom. The van der Waals surface area contributed by atoms with Gasteiger partial charge in [0.05, 0.1) is 17.9 Å². The molecule has 0 bridgehead atoms. The molecule has 3 aromatic carbocycles. The van der Waals surface area contributed by atoms with E-state index in [2.05, 4.69) is 5.32 Å². The molecule has 0 radical (unpaired) electrons. The number of nitrogens with one attached hydrogen (secondary N) is 1. The van der Waals surface area contributed by atoms with Gasteiger partial charge in [0.15, 0.2) is 0 Å². The van der Waals surface area contributed by atoms with Gasteiger partial charge in [0, 0.05) is 35.4 Å². The number of carbonyl (C=O) groups is 2. The molecule has 0 aromatic heterocycles. The maximum absolute atomic E-state index is 13.4. The average Bonchev–Trinajstić information content (AvgIpc) is 3.41. The van der Waals surface area contributed by atoms with Crippen molar-refractivity contribution in [3.05, 3.63) is 94.0 Å². The zero-order valence-electron chi connectivity index (χ0n) is 20.1. The van der Waals surface area contributed by atoms with Crippen molar-refractivity contribution in [1.82, 2.24) is 9.21 Å². The normalized spacial score (nSPS) is 13.6. The molecule has 0 atom stereocenters. The van der Waals surface area contributed by atoms with Gasteiger partial charge in [-0.2, -0.15) is 4.31 Å². The highest BCUT2D eigenvalue weighted by atomic mass is 35.5. The molecule has 0 aliphatic carbocycles. The Kier molecular flexibility index (Phi) is 8.87. The molecule has 7 nitrogen and oxygen atoms in total. The molecule has 1 fully saturated rings. The number of hydrogen-bond donors (Lipinski definition) is 1. The second-order valence-corrected chi connectivity index (χ2v) is 11.7. The number of hydrogen-bond acceptors (Lipinski definition) is 4. The lowest BCUT2D eigenvalue weighted by Crippen LogP contribution is -2.37. The molecule has 1 saturated heterocycles. The Balaban J connectivity index is 1.46. The predicted octanol–water partition coefficient (Wildman–Crippen LogP) is 4.99. The summed E-state index contributed by atoms with van der Waals surface area (Å²) >= 11 is 12.0. The first-order chi connectivity index (χ1) is 17.7. The first-order valence-corrected chi connectivity index (χ1v) is 14.1. The molecule has 3 aromatic rings. The van der Waals surface area contributed by atoms with E-state index in [0.717, 1.165) is 35.8 Å². The quantitative estimate of drug-likeness (QED) is 0.400. The van der Waals surface area contributed by atoms with E-state index in [1.54, 1.807) is 48.5 Å². The van der Waals surface area contributed by atoms with Gasteiger partial charge in [-0.05, 0) is 72.5 Å². The Hall–Kier alpha value is -2.91. The molecule has 1 heterocycles. The third-order valence-corrected chi connectivity index (χ3v) is 8.36. The van der Waals surface area contributed by atoms with E-state index in [-0.39, 0.29) is 17.3 Å². The van der Waals surface area contributed by atoms with E-state index in [1.165, 1.54) is 24.3 Å². The first kappa shape index (κ1) is 27.1. The summed E-state index contributed by atoms with van der Waals surface area (Å²) in [4.78, 5) is 27.2. The monoisotopic (exact) mass is 559 g/mol. The second kappa shape index (κ2) is 12.1. The Morgan fingerprint density at radius 1 is 0.865 bits per heavy atom. The minimum Gasteiger partial charge on any atom is -0.342 e. The molecular formula is C27H27Cl2N3O4S. The van der Waals surface area contributed by atoms with Crippen LogP contribution in [0.4, 0.5) is 5.69 Å². The molecule has 1 aliphatic heterocycles. The van der Waals surface area contributed by atoms with Gasteiger partial charge in [0.25, 0.3) is 0 Å². The number of amides is 2. The zero-order chi connectivity index (χ0) is 26.4. The lowest BCUT2D eigenvalue weighted by Gasteiger charge is -2.22. The molecule has 0 spiro atoms. The average molecular weight is 561 g/mol. The van der Waals surface area contributed by atoms with Crippen LogP contribution in [0.2, 0.25) is 10.0 Å².